The van der Waals surface area contributed by atoms with Gasteiger partial charge in [-0.25, -0.2) is 13.4 Å². The normalized spacial score (nSPS) is 11.1. The third-order valence-corrected chi connectivity index (χ3v) is 4.31. The van der Waals surface area contributed by atoms with E-state index < -0.39 is 9.84 Å². The Morgan fingerprint density at radius 2 is 2.14 bits per heavy atom. The number of benzene rings is 1. The summed E-state index contributed by atoms with van der Waals surface area (Å²) in [6.45, 7) is 3.21. The van der Waals surface area contributed by atoms with Crippen LogP contribution in [0.3, 0.4) is 0 Å². The molecule has 0 saturated carbocycles. The van der Waals surface area contributed by atoms with Crippen molar-refractivity contribution < 1.29 is 17.9 Å². The molecule has 1 aromatic heterocycles. The van der Waals surface area contributed by atoms with Crippen molar-refractivity contribution >= 4 is 32.3 Å². The molecule has 0 bridgehead atoms. The molecule has 7 heteroatoms. The van der Waals surface area contributed by atoms with E-state index in [-0.39, 0.29) is 18.1 Å². The Hall–Kier alpha value is -2.41. The molecule has 6 nitrogen and oxygen atoms in total. The second-order valence-electron chi connectivity index (χ2n) is 4.59. The summed E-state index contributed by atoms with van der Waals surface area (Å²) in [5.74, 6) is -0.112. The van der Waals surface area contributed by atoms with Crippen LogP contribution in [0.4, 0.5) is 5.69 Å². The number of carbonyl (C=O) groups is 1. The fourth-order valence-electron chi connectivity index (χ4n) is 1.84. The summed E-state index contributed by atoms with van der Waals surface area (Å²) in [5.41, 5.74) is 1.33. The highest BCUT2D eigenvalue weighted by Crippen LogP contribution is 2.20. The summed E-state index contributed by atoms with van der Waals surface area (Å²) in [5, 5.41) is 4.36. The molecule has 0 aliphatic heterocycles. The molecule has 0 fully saturated rings. The van der Waals surface area contributed by atoms with Gasteiger partial charge in [0.2, 0.25) is 11.8 Å². The Morgan fingerprint density at radius 1 is 1.36 bits per heavy atom. The number of ether oxygens (including phenoxy) is 1. The fraction of sp³-hybridized carbons (Fsp3) is 0.200. The molecule has 116 valence electrons. The van der Waals surface area contributed by atoms with E-state index in [0.29, 0.717) is 11.6 Å². The zero-order chi connectivity index (χ0) is 16.2. The van der Waals surface area contributed by atoms with Crippen LogP contribution in [0.1, 0.15) is 6.42 Å². The summed E-state index contributed by atoms with van der Waals surface area (Å²) in [7, 11) is -1.83. The van der Waals surface area contributed by atoms with Crippen molar-refractivity contribution in [1.82, 2.24) is 4.98 Å². The molecular formula is C15H16N2O4S. The molecule has 0 unspecified atom stereocenters. The van der Waals surface area contributed by atoms with Gasteiger partial charge in [-0.2, -0.15) is 0 Å². The molecule has 1 aromatic carbocycles. The van der Waals surface area contributed by atoms with Gasteiger partial charge in [-0.15, -0.1) is 0 Å². The van der Waals surface area contributed by atoms with Crippen LogP contribution in [0.25, 0.3) is 10.9 Å². The van der Waals surface area contributed by atoms with Crippen molar-refractivity contribution in [3.8, 4) is 5.88 Å². The second-order valence-corrected chi connectivity index (χ2v) is 6.66. The number of hydrogen-bond acceptors (Lipinski definition) is 5. The summed E-state index contributed by atoms with van der Waals surface area (Å²) >= 11 is 0. The number of nitrogens with one attached hydrogen (secondary N) is 1. The maximum atomic E-state index is 11.8. The van der Waals surface area contributed by atoms with Crippen molar-refractivity contribution in [3.05, 3.63) is 42.3 Å². The predicted molar refractivity (Wildman–Crippen MR) is 85.5 cm³/mol. The van der Waals surface area contributed by atoms with Crippen LogP contribution in [0.15, 0.2) is 42.3 Å². The SMILES string of the molecule is C=CS(=O)(=O)CCC(=O)Nc1ccc2nc(OC)ccc2c1. The Labute approximate surface area is 128 Å². The topological polar surface area (TPSA) is 85.4 Å². The first kappa shape index (κ1) is 16.0. The minimum atomic E-state index is -3.37. The lowest BCUT2D eigenvalue weighted by Crippen LogP contribution is -2.16. The van der Waals surface area contributed by atoms with Gasteiger partial charge in [0, 0.05) is 29.0 Å². The van der Waals surface area contributed by atoms with Gasteiger partial charge in [0.25, 0.3) is 0 Å². The van der Waals surface area contributed by atoms with E-state index in [4.69, 9.17) is 4.74 Å². The standard InChI is InChI=1S/C15H16N2O4S/c1-3-22(19,20)9-8-14(18)16-12-5-6-13-11(10-12)4-7-15(17-13)21-2/h3-7,10H,1,8-9H2,2H3,(H,16,18). The van der Waals surface area contributed by atoms with Gasteiger partial charge in [-0.05, 0) is 24.3 Å². The first-order valence-corrected chi connectivity index (χ1v) is 8.25. The van der Waals surface area contributed by atoms with Crippen LogP contribution in [-0.2, 0) is 14.6 Å². The number of rotatable bonds is 6. The molecule has 0 atom stereocenters. The highest BCUT2D eigenvalue weighted by molar-refractivity contribution is 7.94. The van der Waals surface area contributed by atoms with Gasteiger partial charge >= 0.3 is 0 Å². The smallest absolute Gasteiger partial charge is 0.225 e. The van der Waals surface area contributed by atoms with Crippen LogP contribution in [-0.4, -0.2) is 32.2 Å². The first-order chi connectivity index (χ1) is 10.4. The molecule has 1 heterocycles. The van der Waals surface area contributed by atoms with E-state index in [9.17, 15) is 13.2 Å². The molecule has 1 N–H and O–H groups in total. The number of pyridine rings is 1. The summed E-state index contributed by atoms with van der Waals surface area (Å²) in [4.78, 5) is 16.0. The van der Waals surface area contributed by atoms with Gasteiger partial charge < -0.3 is 10.1 Å². The lowest BCUT2D eigenvalue weighted by molar-refractivity contribution is -0.115. The van der Waals surface area contributed by atoms with E-state index in [1.54, 1.807) is 31.4 Å². The number of amides is 1. The van der Waals surface area contributed by atoms with Crippen molar-refractivity contribution in [1.29, 1.82) is 0 Å². The molecular weight excluding hydrogens is 304 g/mol. The van der Waals surface area contributed by atoms with E-state index in [1.807, 2.05) is 6.07 Å². The average Bonchev–Trinajstić information content (AvgIpc) is 2.52. The minimum Gasteiger partial charge on any atom is -0.481 e. The second kappa shape index (κ2) is 6.57. The third-order valence-electron chi connectivity index (χ3n) is 3.02. The highest BCUT2D eigenvalue weighted by Gasteiger charge is 2.10. The van der Waals surface area contributed by atoms with Crippen molar-refractivity contribution in [2.24, 2.45) is 0 Å². The summed E-state index contributed by atoms with van der Waals surface area (Å²) in [6, 6.07) is 8.79. The Morgan fingerprint density at radius 3 is 2.82 bits per heavy atom. The largest absolute Gasteiger partial charge is 0.481 e. The molecule has 22 heavy (non-hydrogen) atoms. The summed E-state index contributed by atoms with van der Waals surface area (Å²) in [6.07, 6.45) is -0.118. The molecule has 0 aliphatic carbocycles. The number of methoxy groups -OCH3 is 1. The molecule has 0 saturated heterocycles. The van der Waals surface area contributed by atoms with Gasteiger partial charge in [0.1, 0.15) is 0 Å². The van der Waals surface area contributed by atoms with Crippen molar-refractivity contribution in [2.75, 3.05) is 18.2 Å². The van der Waals surface area contributed by atoms with Gasteiger partial charge in [0.05, 0.1) is 18.4 Å². The molecule has 0 radical (unpaired) electrons. The Kier molecular flexibility index (Phi) is 4.77. The van der Waals surface area contributed by atoms with Crippen LogP contribution in [0, 0.1) is 0 Å². The number of anilines is 1. The monoisotopic (exact) mass is 320 g/mol. The van der Waals surface area contributed by atoms with Gasteiger partial charge in [-0.3, -0.25) is 4.79 Å². The zero-order valence-electron chi connectivity index (χ0n) is 12.1. The van der Waals surface area contributed by atoms with Crippen LogP contribution >= 0.6 is 0 Å². The molecule has 0 aliphatic rings. The van der Waals surface area contributed by atoms with Crippen molar-refractivity contribution in [2.45, 2.75) is 6.42 Å². The van der Waals surface area contributed by atoms with Gasteiger partial charge in [-0.1, -0.05) is 6.58 Å². The highest BCUT2D eigenvalue weighted by atomic mass is 32.2. The quantitative estimate of drug-likeness (QED) is 0.881. The molecule has 0 spiro atoms. The number of aromatic nitrogens is 1. The van der Waals surface area contributed by atoms with Crippen LogP contribution in [0.2, 0.25) is 0 Å². The van der Waals surface area contributed by atoms with Crippen LogP contribution in [0.5, 0.6) is 5.88 Å². The Bertz CT molecular complexity index is 815. The molecule has 2 aromatic rings. The number of nitrogens with zero attached hydrogens (tertiary/aromatic N) is 1. The van der Waals surface area contributed by atoms with E-state index >= 15 is 0 Å². The molecule has 1 amide bonds. The van der Waals surface area contributed by atoms with Crippen molar-refractivity contribution in [3.63, 3.8) is 0 Å². The number of hydrogen-bond donors (Lipinski definition) is 1. The maximum absolute atomic E-state index is 11.8. The average molecular weight is 320 g/mol. The predicted octanol–water partition coefficient (Wildman–Crippen LogP) is 2.13. The molecule has 2 rings (SSSR count). The third kappa shape index (κ3) is 4.05. The van der Waals surface area contributed by atoms with E-state index in [1.165, 1.54) is 0 Å². The Balaban J connectivity index is 2.08. The first-order valence-electron chi connectivity index (χ1n) is 6.53. The maximum Gasteiger partial charge on any atom is 0.225 e. The van der Waals surface area contributed by atoms with Crippen LogP contribution < -0.4 is 10.1 Å². The van der Waals surface area contributed by atoms with Gasteiger partial charge in [0.15, 0.2) is 9.84 Å². The van der Waals surface area contributed by atoms with E-state index in [0.717, 1.165) is 16.3 Å². The summed E-state index contributed by atoms with van der Waals surface area (Å²) < 4.78 is 27.6. The number of carbonyl (C=O) groups excluding carboxylic acids is 1. The fourth-order valence-corrected chi connectivity index (χ4v) is 2.48. The number of sulfone groups is 1. The zero-order valence-corrected chi connectivity index (χ0v) is 12.9. The minimum absolute atomic E-state index is 0.118. The van der Waals surface area contributed by atoms with E-state index in [2.05, 4.69) is 16.9 Å². The lowest BCUT2D eigenvalue weighted by Gasteiger charge is -2.07. The number of fused-ring (bicyclic) bond motifs is 1. The lowest BCUT2D eigenvalue weighted by atomic mass is 10.2.